The zero-order valence-corrected chi connectivity index (χ0v) is 17.3. The standard InChI is InChI=1S/C23H30N2O3/c1-6-17-12-10-11-16(5)21(17)25-23(27)20(15(3)4)24-22(26)18-13-8-9-14-19(18)28-7-2/h8-15,20H,6-7H2,1-5H3,(H,24,26)(H,25,27)/t20-/m0/s1. The van der Waals surface area contributed by atoms with E-state index in [0.29, 0.717) is 17.9 Å². The van der Waals surface area contributed by atoms with Gasteiger partial charge in [0.05, 0.1) is 12.2 Å². The first-order chi connectivity index (χ1) is 13.4. The molecule has 0 aliphatic heterocycles. The van der Waals surface area contributed by atoms with Gasteiger partial charge in [-0.25, -0.2) is 0 Å². The lowest BCUT2D eigenvalue weighted by Crippen LogP contribution is -2.47. The number of para-hydroxylation sites is 2. The highest BCUT2D eigenvalue weighted by Gasteiger charge is 2.26. The van der Waals surface area contributed by atoms with E-state index in [9.17, 15) is 9.59 Å². The van der Waals surface area contributed by atoms with E-state index in [1.807, 2.05) is 52.0 Å². The number of hydrogen-bond donors (Lipinski definition) is 2. The van der Waals surface area contributed by atoms with Crippen LogP contribution in [0.25, 0.3) is 0 Å². The molecule has 1 atom stereocenters. The fraction of sp³-hybridized carbons (Fsp3) is 0.391. The summed E-state index contributed by atoms with van der Waals surface area (Å²) in [6, 6.07) is 12.3. The number of ether oxygens (including phenoxy) is 1. The van der Waals surface area contributed by atoms with E-state index in [1.54, 1.807) is 18.2 Å². The van der Waals surface area contributed by atoms with Crippen molar-refractivity contribution in [3.63, 3.8) is 0 Å². The Labute approximate surface area is 167 Å². The summed E-state index contributed by atoms with van der Waals surface area (Å²) in [5.41, 5.74) is 3.32. The molecule has 0 fully saturated rings. The van der Waals surface area contributed by atoms with E-state index < -0.39 is 6.04 Å². The zero-order chi connectivity index (χ0) is 20.7. The lowest BCUT2D eigenvalue weighted by Gasteiger charge is -2.23. The minimum atomic E-state index is -0.661. The molecule has 0 saturated carbocycles. The molecule has 5 heteroatoms. The van der Waals surface area contributed by atoms with Crippen molar-refractivity contribution in [1.82, 2.24) is 5.32 Å². The molecule has 0 bridgehead atoms. The molecule has 0 spiro atoms. The van der Waals surface area contributed by atoms with Crippen molar-refractivity contribution in [2.24, 2.45) is 5.92 Å². The maximum atomic E-state index is 13.0. The quantitative estimate of drug-likeness (QED) is 0.713. The van der Waals surface area contributed by atoms with Crippen molar-refractivity contribution < 1.29 is 14.3 Å². The van der Waals surface area contributed by atoms with Crippen molar-refractivity contribution in [3.8, 4) is 5.75 Å². The van der Waals surface area contributed by atoms with Gasteiger partial charge in [0, 0.05) is 5.69 Å². The summed E-state index contributed by atoms with van der Waals surface area (Å²) < 4.78 is 5.54. The molecular weight excluding hydrogens is 352 g/mol. The molecule has 2 rings (SSSR count). The Kier molecular flexibility index (Phi) is 7.61. The van der Waals surface area contributed by atoms with E-state index in [4.69, 9.17) is 4.74 Å². The molecule has 0 heterocycles. The van der Waals surface area contributed by atoms with Gasteiger partial charge in [-0.3, -0.25) is 9.59 Å². The second-order valence-corrected chi connectivity index (χ2v) is 7.08. The Hall–Kier alpha value is -2.82. The fourth-order valence-electron chi connectivity index (χ4n) is 3.09. The summed E-state index contributed by atoms with van der Waals surface area (Å²) in [5.74, 6) is -0.102. The predicted octanol–water partition coefficient (Wildman–Crippen LogP) is 4.35. The highest BCUT2D eigenvalue weighted by molar-refractivity contribution is 6.03. The maximum absolute atomic E-state index is 13.0. The summed E-state index contributed by atoms with van der Waals surface area (Å²) in [6.45, 7) is 10.2. The first-order valence-corrected chi connectivity index (χ1v) is 9.81. The second-order valence-electron chi connectivity index (χ2n) is 7.08. The number of aryl methyl sites for hydroxylation is 2. The van der Waals surface area contributed by atoms with E-state index in [-0.39, 0.29) is 17.7 Å². The number of carbonyl (C=O) groups is 2. The molecule has 0 aliphatic carbocycles. The Bertz CT molecular complexity index is 830. The molecule has 2 amide bonds. The predicted molar refractivity (Wildman–Crippen MR) is 113 cm³/mol. The molecule has 150 valence electrons. The normalized spacial score (nSPS) is 11.8. The van der Waals surface area contributed by atoms with Crippen LogP contribution in [-0.2, 0) is 11.2 Å². The molecule has 0 radical (unpaired) electrons. The second kappa shape index (κ2) is 9.93. The van der Waals surface area contributed by atoms with Gasteiger partial charge in [0.15, 0.2) is 0 Å². The summed E-state index contributed by atoms with van der Waals surface area (Å²) in [5, 5.41) is 5.90. The van der Waals surface area contributed by atoms with Crippen LogP contribution < -0.4 is 15.4 Å². The number of amides is 2. The number of hydrogen-bond acceptors (Lipinski definition) is 3. The van der Waals surface area contributed by atoms with Gasteiger partial charge in [0.25, 0.3) is 5.91 Å². The third-order valence-electron chi connectivity index (χ3n) is 4.66. The zero-order valence-electron chi connectivity index (χ0n) is 17.3. The summed E-state index contributed by atoms with van der Waals surface area (Å²) in [6.07, 6.45) is 0.817. The first-order valence-electron chi connectivity index (χ1n) is 9.81. The Balaban J connectivity index is 2.22. The van der Waals surface area contributed by atoms with Crippen molar-refractivity contribution in [2.75, 3.05) is 11.9 Å². The Morgan fingerprint density at radius 2 is 1.75 bits per heavy atom. The van der Waals surface area contributed by atoms with Crippen LogP contribution in [0.5, 0.6) is 5.75 Å². The van der Waals surface area contributed by atoms with Crippen molar-refractivity contribution in [3.05, 3.63) is 59.2 Å². The molecule has 0 aliphatic rings. The fourth-order valence-corrected chi connectivity index (χ4v) is 3.09. The van der Waals surface area contributed by atoms with Gasteiger partial charge in [-0.2, -0.15) is 0 Å². The molecule has 28 heavy (non-hydrogen) atoms. The topological polar surface area (TPSA) is 67.4 Å². The van der Waals surface area contributed by atoms with Crippen LogP contribution in [0.3, 0.4) is 0 Å². The Morgan fingerprint density at radius 3 is 2.39 bits per heavy atom. The molecule has 2 aromatic rings. The van der Waals surface area contributed by atoms with Crippen molar-refractivity contribution in [1.29, 1.82) is 0 Å². The molecular formula is C23H30N2O3. The average molecular weight is 383 g/mol. The highest BCUT2D eigenvalue weighted by Crippen LogP contribution is 2.22. The van der Waals surface area contributed by atoms with Crippen molar-refractivity contribution >= 4 is 17.5 Å². The average Bonchev–Trinajstić information content (AvgIpc) is 2.67. The smallest absolute Gasteiger partial charge is 0.255 e. The third kappa shape index (κ3) is 5.12. The summed E-state index contributed by atoms with van der Waals surface area (Å²) >= 11 is 0. The number of rotatable bonds is 8. The van der Waals surface area contributed by atoms with Crippen LogP contribution in [0.2, 0.25) is 0 Å². The molecule has 0 aromatic heterocycles. The summed E-state index contributed by atoms with van der Waals surface area (Å²) in [4.78, 5) is 25.8. The minimum Gasteiger partial charge on any atom is -0.493 e. The van der Waals surface area contributed by atoms with Gasteiger partial charge in [-0.15, -0.1) is 0 Å². The number of anilines is 1. The molecule has 0 saturated heterocycles. The highest BCUT2D eigenvalue weighted by atomic mass is 16.5. The molecule has 2 N–H and O–H groups in total. The molecule has 0 unspecified atom stereocenters. The third-order valence-corrected chi connectivity index (χ3v) is 4.66. The van der Waals surface area contributed by atoms with Gasteiger partial charge in [-0.1, -0.05) is 51.1 Å². The van der Waals surface area contributed by atoms with E-state index >= 15 is 0 Å². The molecule has 5 nitrogen and oxygen atoms in total. The van der Waals surface area contributed by atoms with Crippen LogP contribution in [0.1, 0.15) is 49.2 Å². The SMILES string of the molecule is CCOc1ccccc1C(=O)N[C@H](C(=O)Nc1c(C)cccc1CC)C(C)C. The maximum Gasteiger partial charge on any atom is 0.255 e. The van der Waals surface area contributed by atoms with Crippen LogP contribution in [0.4, 0.5) is 5.69 Å². The van der Waals surface area contributed by atoms with Gasteiger partial charge in [-0.05, 0) is 49.4 Å². The Morgan fingerprint density at radius 1 is 1.04 bits per heavy atom. The minimum absolute atomic E-state index is 0.0719. The van der Waals surface area contributed by atoms with Crippen LogP contribution in [-0.4, -0.2) is 24.5 Å². The van der Waals surface area contributed by atoms with E-state index in [2.05, 4.69) is 17.6 Å². The molecule has 2 aromatic carbocycles. The van der Waals surface area contributed by atoms with E-state index in [0.717, 1.165) is 23.2 Å². The summed E-state index contributed by atoms with van der Waals surface area (Å²) in [7, 11) is 0. The van der Waals surface area contributed by atoms with Crippen molar-refractivity contribution in [2.45, 2.75) is 47.1 Å². The van der Waals surface area contributed by atoms with Crippen LogP contribution in [0, 0.1) is 12.8 Å². The van der Waals surface area contributed by atoms with Crippen LogP contribution >= 0.6 is 0 Å². The largest absolute Gasteiger partial charge is 0.493 e. The number of carbonyl (C=O) groups excluding carboxylic acids is 2. The lowest BCUT2D eigenvalue weighted by atomic mass is 10.0. The monoisotopic (exact) mass is 382 g/mol. The van der Waals surface area contributed by atoms with Gasteiger partial charge in [0.1, 0.15) is 11.8 Å². The van der Waals surface area contributed by atoms with Gasteiger partial charge >= 0.3 is 0 Å². The van der Waals surface area contributed by atoms with Gasteiger partial charge in [0.2, 0.25) is 5.91 Å². The van der Waals surface area contributed by atoms with Gasteiger partial charge < -0.3 is 15.4 Å². The van der Waals surface area contributed by atoms with E-state index in [1.165, 1.54) is 0 Å². The number of benzene rings is 2. The lowest BCUT2D eigenvalue weighted by molar-refractivity contribution is -0.118. The number of nitrogens with one attached hydrogen (secondary N) is 2. The first kappa shape index (κ1) is 21.5. The van der Waals surface area contributed by atoms with Crippen LogP contribution in [0.15, 0.2) is 42.5 Å².